The number of aryl methyl sites for hydroxylation is 2. The van der Waals surface area contributed by atoms with Crippen LogP contribution >= 0.6 is 0 Å². The predicted octanol–water partition coefficient (Wildman–Crippen LogP) is 4.98. The van der Waals surface area contributed by atoms with Crippen LogP contribution < -0.4 is 16.0 Å². The Kier molecular flexibility index (Phi) is 10.8. The van der Waals surface area contributed by atoms with Gasteiger partial charge in [-0.15, -0.1) is 0 Å². The van der Waals surface area contributed by atoms with Crippen LogP contribution in [0, 0.1) is 13.8 Å². The molecule has 0 aliphatic carbocycles. The molecule has 0 bridgehead atoms. The van der Waals surface area contributed by atoms with Gasteiger partial charge < -0.3 is 11.1 Å². The smallest absolute Gasteiger partial charge is 0.351 e. The molecule has 3 amide bonds. The molecule has 9 nitrogen and oxygen atoms in total. The Morgan fingerprint density at radius 2 is 1.58 bits per heavy atom. The largest absolute Gasteiger partial charge is 0.453 e. The van der Waals surface area contributed by atoms with Crippen molar-refractivity contribution in [1.82, 2.24) is 9.62 Å². The molecule has 3 rings (SSSR count). The Balaban J connectivity index is 1.46. The Bertz CT molecular complexity index is 1300. The summed E-state index contributed by atoms with van der Waals surface area (Å²) in [6, 6.07) is 2.98. The summed E-state index contributed by atoms with van der Waals surface area (Å²) in [6.45, 7) is 4.00. The second-order valence-electron chi connectivity index (χ2n) is 11.4. The van der Waals surface area contributed by atoms with Gasteiger partial charge in [0.05, 0.1) is 5.75 Å². The summed E-state index contributed by atoms with van der Waals surface area (Å²) in [4.78, 5) is 30.2. The molecule has 2 aliphatic rings. The monoisotopic (exact) mass is 637 g/mol. The highest BCUT2D eigenvalue weighted by Crippen LogP contribution is 2.39. The lowest BCUT2D eigenvalue weighted by Crippen LogP contribution is -2.50. The fourth-order valence-corrected chi connectivity index (χ4v) is 6.99. The number of carbonyl (C=O) groups is 2. The number of aliphatic imine (C=N–C) groups is 1. The number of urea groups is 1. The Morgan fingerprint density at radius 3 is 2.14 bits per heavy atom. The minimum Gasteiger partial charge on any atom is -0.351 e. The second-order valence-corrected chi connectivity index (χ2v) is 13.5. The number of amidine groups is 1. The van der Waals surface area contributed by atoms with Crippen LogP contribution in [0.4, 0.5) is 32.4 Å². The van der Waals surface area contributed by atoms with E-state index in [1.165, 1.54) is 9.21 Å². The number of halogens is 5. The average Bonchev–Trinajstić information content (AvgIpc) is 3.20. The molecule has 0 aromatic heterocycles. The maximum Gasteiger partial charge on any atom is 0.453 e. The van der Waals surface area contributed by atoms with Gasteiger partial charge >= 0.3 is 18.1 Å². The zero-order chi connectivity index (χ0) is 32.2. The van der Waals surface area contributed by atoms with Gasteiger partial charge in [0.15, 0.2) is 0 Å². The van der Waals surface area contributed by atoms with Gasteiger partial charge in [-0.1, -0.05) is 19.3 Å². The molecule has 242 valence electrons. The molecule has 0 unspecified atom stereocenters. The van der Waals surface area contributed by atoms with Gasteiger partial charge in [-0.3, -0.25) is 14.7 Å². The van der Waals surface area contributed by atoms with E-state index < -0.39 is 40.1 Å². The molecule has 1 spiro atoms. The number of anilines is 1. The van der Waals surface area contributed by atoms with Crippen LogP contribution in [0.1, 0.15) is 74.5 Å². The number of nitrogens with two attached hydrogens (primary N) is 1. The number of primary amides is 1. The van der Waals surface area contributed by atoms with Crippen LogP contribution in [-0.2, 0) is 21.2 Å². The van der Waals surface area contributed by atoms with Crippen molar-refractivity contribution >= 4 is 33.5 Å². The second kappa shape index (κ2) is 13.4. The summed E-state index contributed by atoms with van der Waals surface area (Å²) < 4.78 is 90.4. The summed E-state index contributed by atoms with van der Waals surface area (Å²) in [6.07, 6.45) is -3.88. The lowest BCUT2D eigenvalue weighted by atomic mass is 9.89. The third-order valence-electron chi connectivity index (χ3n) is 8.30. The normalized spacial score (nSPS) is 17.7. The molecule has 1 aromatic carbocycles. The molecule has 2 aliphatic heterocycles. The Labute approximate surface area is 249 Å². The van der Waals surface area contributed by atoms with E-state index in [1.807, 2.05) is 13.8 Å². The molecule has 0 atom stereocenters. The number of unbranched alkanes of at least 4 members (excludes halogenated alkanes) is 4. The van der Waals surface area contributed by atoms with Crippen molar-refractivity contribution in [1.29, 1.82) is 0 Å². The van der Waals surface area contributed by atoms with Crippen molar-refractivity contribution in [3.63, 3.8) is 0 Å². The fraction of sp³-hybridized carbons (Fsp3) is 0.679. The number of rotatable bonds is 13. The molecular formula is C28H40F5N5O4S. The van der Waals surface area contributed by atoms with E-state index in [2.05, 4.69) is 10.3 Å². The third-order valence-corrected chi connectivity index (χ3v) is 10.2. The van der Waals surface area contributed by atoms with E-state index in [0.717, 1.165) is 16.7 Å². The first-order valence-electron chi connectivity index (χ1n) is 14.3. The van der Waals surface area contributed by atoms with Crippen molar-refractivity contribution < 1.29 is 40.0 Å². The first-order valence-corrected chi connectivity index (χ1v) is 16.0. The van der Waals surface area contributed by atoms with Crippen molar-refractivity contribution in [3.8, 4) is 0 Å². The van der Waals surface area contributed by atoms with E-state index in [1.54, 1.807) is 19.2 Å². The summed E-state index contributed by atoms with van der Waals surface area (Å²) >= 11 is 0. The first kappa shape index (κ1) is 34.7. The third kappa shape index (κ3) is 8.43. The average molecular weight is 638 g/mol. The van der Waals surface area contributed by atoms with Crippen molar-refractivity contribution in [3.05, 3.63) is 28.8 Å². The number of benzene rings is 1. The van der Waals surface area contributed by atoms with Crippen LogP contribution in [0.2, 0.25) is 0 Å². The van der Waals surface area contributed by atoms with E-state index in [9.17, 15) is 40.0 Å². The van der Waals surface area contributed by atoms with Gasteiger partial charge in [0, 0.05) is 38.7 Å². The fourth-order valence-electron chi connectivity index (χ4n) is 5.53. The van der Waals surface area contributed by atoms with Gasteiger partial charge in [-0.05, 0) is 74.8 Å². The molecular weight excluding hydrogens is 597 g/mol. The lowest BCUT2D eigenvalue weighted by molar-refractivity contribution is -0.284. The highest BCUT2D eigenvalue weighted by molar-refractivity contribution is 7.89. The number of carbonyl (C=O) groups excluding carboxylic acids is 2. The molecule has 0 saturated carbocycles. The van der Waals surface area contributed by atoms with Crippen LogP contribution in [-0.4, -0.2) is 74.0 Å². The molecule has 1 fully saturated rings. The zero-order valence-electron chi connectivity index (χ0n) is 24.7. The summed E-state index contributed by atoms with van der Waals surface area (Å²) in [7, 11) is -2.06. The quantitative estimate of drug-likeness (QED) is 0.234. The number of piperidine rings is 1. The highest BCUT2D eigenvalue weighted by atomic mass is 32.2. The minimum atomic E-state index is -5.53. The number of nitrogens with one attached hydrogen (secondary N) is 1. The van der Waals surface area contributed by atoms with E-state index in [4.69, 9.17) is 5.73 Å². The van der Waals surface area contributed by atoms with E-state index in [-0.39, 0.29) is 56.9 Å². The van der Waals surface area contributed by atoms with Gasteiger partial charge in [-0.25, -0.2) is 17.5 Å². The zero-order valence-corrected chi connectivity index (χ0v) is 25.5. The SMILES string of the molecule is Cc1cc(N(C)C(N)=O)cc(C)c1CCS(=O)(=O)N1CCC2(CC1)N=C(CCCCCCCC(F)(F)C(F)(F)F)NC2=O. The number of hydrogen-bond acceptors (Lipinski definition) is 5. The number of hydrogen-bond donors (Lipinski definition) is 2. The van der Waals surface area contributed by atoms with Gasteiger partial charge in [0.25, 0.3) is 5.91 Å². The van der Waals surface area contributed by atoms with Gasteiger partial charge in [0.1, 0.15) is 11.4 Å². The maximum atomic E-state index is 13.2. The summed E-state index contributed by atoms with van der Waals surface area (Å²) in [5, 5.41) is 2.77. The van der Waals surface area contributed by atoms with Crippen LogP contribution in [0.3, 0.4) is 0 Å². The summed E-state index contributed by atoms with van der Waals surface area (Å²) in [5.41, 5.74) is 7.52. The number of amides is 3. The number of sulfonamides is 1. The van der Waals surface area contributed by atoms with Crippen LogP contribution in [0.15, 0.2) is 17.1 Å². The van der Waals surface area contributed by atoms with Crippen LogP contribution in [0.25, 0.3) is 0 Å². The molecule has 43 heavy (non-hydrogen) atoms. The number of alkyl halides is 5. The van der Waals surface area contributed by atoms with Crippen molar-refractivity contribution in [2.24, 2.45) is 10.7 Å². The summed E-state index contributed by atoms with van der Waals surface area (Å²) in [5.74, 6) is -4.57. The minimum absolute atomic E-state index is 0.110. The highest BCUT2D eigenvalue weighted by Gasteiger charge is 2.56. The van der Waals surface area contributed by atoms with E-state index >= 15 is 0 Å². The Hall–Kier alpha value is -2.81. The Morgan fingerprint density at radius 1 is 1.02 bits per heavy atom. The van der Waals surface area contributed by atoms with Crippen molar-refractivity contribution in [2.75, 3.05) is 30.8 Å². The number of nitrogens with zero attached hydrogens (tertiary/aromatic N) is 3. The lowest BCUT2D eigenvalue weighted by Gasteiger charge is -2.34. The van der Waals surface area contributed by atoms with Crippen molar-refractivity contribution in [2.45, 2.75) is 95.7 Å². The van der Waals surface area contributed by atoms with E-state index in [0.29, 0.717) is 37.2 Å². The molecule has 0 radical (unpaired) electrons. The molecule has 3 N–H and O–H groups in total. The maximum absolute atomic E-state index is 13.2. The topological polar surface area (TPSA) is 125 Å². The van der Waals surface area contributed by atoms with Crippen LogP contribution in [0.5, 0.6) is 0 Å². The molecule has 15 heteroatoms. The van der Waals surface area contributed by atoms with Gasteiger partial charge in [0.2, 0.25) is 10.0 Å². The first-order chi connectivity index (χ1) is 19.9. The predicted molar refractivity (Wildman–Crippen MR) is 154 cm³/mol. The molecule has 1 saturated heterocycles. The van der Waals surface area contributed by atoms with Gasteiger partial charge in [-0.2, -0.15) is 22.0 Å². The molecule has 2 heterocycles. The molecule has 1 aromatic rings. The standard InChI is InChI=1S/C28H40F5N5O4S/c1-19-17-21(37(3)25(34)40)18-20(2)22(19)10-16-43(41,42)38-14-12-26(13-15-38)24(39)35-23(36-26)9-7-5-4-6-8-11-27(29,30)28(31,32)33/h17-18H,4-16H2,1-3H3,(H2,34,40)(H,35,36,39).